The first-order valence-corrected chi connectivity index (χ1v) is 4.97. The van der Waals surface area contributed by atoms with Crippen molar-refractivity contribution in [1.82, 2.24) is 4.98 Å². The lowest BCUT2D eigenvalue weighted by Gasteiger charge is -2.05. The van der Waals surface area contributed by atoms with Gasteiger partial charge in [-0.25, -0.2) is 4.98 Å². The fourth-order valence-electron chi connectivity index (χ4n) is 1.03. The minimum absolute atomic E-state index is 0.667. The molecule has 0 aliphatic carbocycles. The van der Waals surface area contributed by atoms with Gasteiger partial charge in [0, 0.05) is 6.54 Å². The number of rotatable bonds is 7. The molecule has 0 aromatic carbocycles. The number of nitrogens with one attached hydrogen (secondary N) is 1. The zero-order valence-electron chi connectivity index (χ0n) is 8.78. The molecule has 0 saturated heterocycles. The Morgan fingerprint density at radius 3 is 3.00 bits per heavy atom. The van der Waals surface area contributed by atoms with E-state index in [9.17, 15) is 0 Å². The summed E-state index contributed by atoms with van der Waals surface area (Å²) >= 11 is 0. The molecule has 0 amide bonds. The summed E-state index contributed by atoms with van der Waals surface area (Å²) in [6.07, 6.45) is 4.36. The molecular weight excluding hydrogens is 190 g/mol. The third-order valence-corrected chi connectivity index (χ3v) is 1.81. The molecule has 4 heteroatoms. The Morgan fingerprint density at radius 2 is 2.33 bits per heavy atom. The second-order valence-electron chi connectivity index (χ2n) is 3.09. The lowest BCUT2D eigenvalue weighted by molar-refractivity contribution is 0.149. The largest absolute Gasteiger partial charge is 0.397 e. The maximum atomic E-state index is 5.51. The van der Waals surface area contributed by atoms with E-state index in [0.717, 1.165) is 25.4 Å². The molecule has 1 heterocycles. The van der Waals surface area contributed by atoms with Crippen LogP contribution in [0.1, 0.15) is 6.42 Å². The maximum Gasteiger partial charge on any atom is 0.126 e. The average molecular weight is 207 g/mol. The van der Waals surface area contributed by atoms with Crippen molar-refractivity contribution in [2.45, 2.75) is 6.42 Å². The number of nitrogen functional groups attached to an aromatic ring is 1. The van der Waals surface area contributed by atoms with Crippen LogP contribution in [-0.4, -0.2) is 24.7 Å². The first kappa shape index (κ1) is 11.5. The van der Waals surface area contributed by atoms with Gasteiger partial charge in [-0.1, -0.05) is 6.08 Å². The first-order chi connectivity index (χ1) is 7.33. The standard InChI is InChI=1S/C11H17N3O/c1-2-3-7-15-8-6-13-11-5-4-10(12)9-14-11/h2,4-5,9H,1,3,6-8,12H2,(H,13,14). The molecule has 0 saturated carbocycles. The Morgan fingerprint density at radius 1 is 1.47 bits per heavy atom. The summed E-state index contributed by atoms with van der Waals surface area (Å²) in [5.74, 6) is 0.816. The molecule has 1 aromatic heterocycles. The smallest absolute Gasteiger partial charge is 0.126 e. The number of pyridine rings is 1. The molecule has 1 aromatic rings. The van der Waals surface area contributed by atoms with E-state index in [1.807, 2.05) is 18.2 Å². The Bertz CT molecular complexity index is 284. The van der Waals surface area contributed by atoms with Gasteiger partial charge in [0.1, 0.15) is 5.82 Å². The summed E-state index contributed by atoms with van der Waals surface area (Å²) in [7, 11) is 0. The van der Waals surface area contributed by atoms with Crippen molar-refractivity contribution >= 4 is 11.5 Å². The van der Waals surface area contributed by atoms with Gasteiger partial charge in [0.05, 0.1) is 25.1 Å². The van der Waals surface area contributed by atoms with Gasteiger partial charge < -0.3 is 15.8 Å². The molecule has 0 bridgehead atoms. The van der Waals surface area contributed by atoms with E-state index in [4.69, 9.17) is 10.5 Å². The molecule has 3 N–H and O–H groups in total. The Balaban J connectivity index is 2.09. The van der Waals surface area contributed by atoms with Gasteiger partial charge >= 0.3 is 0 Å². The van der Waals surface area contributed by atoms with Gasteiger partial charge in [0.25, 0.3) is 0 Å². The fourth-order valence-corrected chi connectivity index (χ4v) is 1.03. The molecule has 0 unspecified atom stereocenters. The van der Waals surface area contributed by atoms with Gasteiger partial charge in [-0.15, -0.1) is 6.58 Å². The molecular formula is C11H17N3O. The third kappa shape index (κ3) is 5.02. The molecule has 4 nitrogen and oxygen atoms in total. The molecule has 15 heavy (non-hydrogen) atoms. The van der Waals surface area contributed by atoms with Gasteiger partial charge in [-0.3, -0.25) is 0 Å². The quantitative estimate of drug-likeness (QED) is 0.527. The van der Waals surface area contributed by atoms with E-state index in [1.165, 1.54) is 0 Å². The van der Waals surface area contributed by atoms with Crippen molar-refractivity contribution in [2.75, 3.05) is 30.8 Å². The van der Waals surface area contributed by atoms with Crippen LogP contribution in [0.5, 0.6) is 0 Å². The second kappa shape index (κ2) is 6.84. The highest BCUT2D eigenvalue weighted by Gasteiger charge is 1.92. The number of anilines is 2. The van der Waals surface area contributed by atoms with Crippen LogP contribution in [0.4, 0.5) is 11.5 Å². The van der Waals surface area contributed by atoms with E-state index in [-0.39, 0.29) is 0 Å². The van der Waals surface area contributed by atoms with Crippen molar-refractivity contribution in [2.24, 2.45) is 0 Å². The van der Waals surface area contributed by atoms with Gasteiger partial charge in [-0.05, 0) is 18.6 Å². The maximum absolute atomic E-state index is 5.51. The van der Waals surface area contributed by atoms with Crippen LogP contribution in [0.25, 0.3) is 0 Å². The predicted molar refractivity (Wildman–Crippen MR) is 62.8 cm³/mol. The SMILES string of the molecule is C=CCCOCCNc1ccc(N)cn1. The van der Waals surface area contributed by atoms with E-state index in [2.05, 4.69) is 16.9 Å². The van der Waals surface area contributed by atoms with Crippen LogP contribution in [0.2, 0.25) is 0 Å². The van der Waals surface area contributed by atoms with Crippen LogP contribution in [0.3, 0.4) is 0 Å². The lowest BCUT2D eigenvalue weighted by atomic mass is 10.4. The third-order valence-electron chi connectivity index (χ3n) is 1.81. The molecule has 82 valence electrons. The fraction of sp³-hybridized carbons (Fsp3) is 0.364. The topological polar surface area (TPSA) is 60.2 Å². The van der Waals surface area contributed by atoms with Crippen molar-refractivity contribution < 1.29 is 4.74 Å². The lowest BCUT2D eigenvalue weighted by Crippen LogP contribution is -2.10. The molecule has 0 fully saturated rings. The average Bonchev–Trinajstić information content (AvgIpc) is 2.26. The summed E-state index contributed by atoms with van der Waals surface area (Å²) in [5, 5.41) is 3.13. The predicted octanol–water partition coefficient (Wildman–Crippen LogP) is 1.67. The van der Waals surface area contributed by atoms with E-state index >= 15 is 0 Å². The van der Waals surface area contributed by atoms with Crippen LogP contribution in [0, 0.1) is 0 Å². The van der Waals surface area contributed by atoms with Gasteiger partial charge in [0.15, 0.2) is 0 Å². The number of aromatic nitrogens is 1. The van der Waals surface area contributed by atoms with Crippen molar-refractivity contribution in [1.29, 1.82) is 0 Å². The molecule has 0 atom stereocenters. The number of nitrogens with zero attached hydrogens (tertiary/aromatic N) is 1. The van der Waals surface area contributed by atoms with Gasteiger partial charge in [0.2, 0.25) is 0 Å². The van der Waals surface area contributed by atoms with Crippen LogP contribution >= 0.6 is 0 Å². The molecule has 0 aliphatic heterocycles. The zero-order valence-corrected chi connectivity index (χ0v) is 8.78. The van der Waals surface area contributed by atoms with Crippen molar-refractivity contribution in [3.8, 4) is 0 Å². The van der Waals surface area contributed by atoms with Gasteiger partial charge in [-0.2, -0.15) is 0 Å². The zero-order chi connectivity index (χ0) is 10.9. The minimum Gasteiger partial charge on any atom is -0.397 e. The summed E-state index contributed by atoms with van der Waals surface area (Å²) < 4.78 is 5.33. The van der Waals surface area contributed by atoms with E-state index < -0.39 is 0 Å². The first-order valence-electron chi connectivity index (χ1n) is 4.97. The van der Waals surface area contributed by atoms with Crippen molar-refractivity contribution in [3.05, 3.63) is 31.0 Å². The number of hydrogen-bond donors (Lipinski definition) is 2. The summed E-state index contributed by atoms with van der Waals surface area (Å²) in [4.78, 5) is 4.10. The minimum atomic E-state index is 0.667. The molecule has 0 aliphatic rings. The van der Waals surface area contributed by atoms with Crippen molar-refractivity contribution in [3.63, 3.8) is 0 Å². The Hall–Kier alpha value is -1.55. The second-order valence-corrected chi connectivity index (χ2v) is 3.09. The molecule has 0 spiro atoms. The molecule has 0 radical (unpaired) electrons. The highest BCUT2D eigenvalue weighted by Crippen LogP contribution is 2.04. The number of hydrogen-bond acceptors (Lipinski definition) is 4. The summed E-state index contributed by atoms with van der Waals surface area (Å²) in [6, 6.07) is 3.66. The summed E-state index contributed by atoms with van der Waals surface area (Å²) in [6.45, 7) is 5.75. The normalized spacial score (nSPS) is 9.87. The number of nitrogens with two attached hydrogens (primary N) is 1. The highest BCUT2D eigenvalue weighted by molar-refractivity contribution is 5.43. The Labute approximate surface area is 90.2 Å². The Kier molecular flexibility index (Phi) is 5.25. The van der Waals surface area contributed by atoms with Crippen LogP contribution < -0.4 is 11.1 Å². The number of ether oxygens (including phenoxy) is 1. The van der Waals surface area contributed by atoms with Crippen LogP contribution in [0.15, 0.2) is 31.0 Å². The summed E-state index contributed by atoms with van der Waals surface area (Å²) in [5.41, 5.74) is 6.18. The highest BCUT2D eigenvalue weighted by atomic mass is 16.5. The molecule has 1 rings (SSSR count). The monoisotopic (exact) mass is 207 g/mol. The van der Waals surface area contributed by atoms with E-state index in [1.54, 1.807) is 6.20 Å². The van der Waals surface area contributed by atoms with Crippen LogP contribution in [-0.2, 0) is 4.74 Å². The van der Waals surface area contributed by atoms with E-state index in [0.29, 0.717) is 12.3 Å².